The van der Waals surface area contributed by atoms with E-state index in [0.29, 0.717) is 30.8 Å². The maximum Gasteiger partial charge on any atom is 0.253 e. The first-order valence-corrected chi connectivity index (χ1v) is 10.4. The first-order chi connectivity index (χ1) is 14.7. The van der Waals surface area contributed by atoms with Crippen LogP contribution in [0.5, 0.6) is 5.75 Å². The zero-order valence-corrected chi connectivity index (χ0v) is 18.1. The van der Waals surface area contributed by atoms with E-state index in [1.807, 2.05) is 6.92 Å². The Morgan fingerprint density at radius 1 is 1.29 bits per heavy atom. The van der Waals surface area contributed by atoms with Crippen molar-refractivity contribution in [2.24, 2.45) is 0 Å². The lowest BCUT2D eigenvalue weighted by atomic mass is 9.82. The molecule has 2 fully saturated rings. The number of aryl methyl sites for hydroxylation is 1. The molecular weight excluding hydrogens is 401 g/mol. The molecule has 2 heterocycles. The molecule has 0 saturated carbocycles. The van der Waals surface area contributed by atoms with Gasteiger partial charge in [-0.2, -0.15) is 0 Å². The molecule has 7 heteroatoms. The number of carbonyl (C=O) groups excluding carboxylic acids is 1. The number of halogens is 1. The minimum absolute atomic E-state index is 0.0830. The Morgan fingerprint density at radius 2 is 2.03 bits per heavy atom. The number of hydrogen-bond acceptors (Lipinski definition) is 5. The largest absolute Gasteiger partial charge is 0.490 e. The first-order valence-electron chi connectivity index (χ1n) is 10.4. The smallest absolute Gasteiger partial charge is 0.253 e. The highest BCUT2D eigenvalue weighted by Gasteiger charge is 2.51. The maximum absolute atomic E-state index is 13.4. The van der Waals surface area contributed by atoms with E-state index in [1.165, 1.54) is 12.1 Å². The lowest BCUT2D eigenvalue weighted by Gasteiger charge is -2.42. The van der Waals surface area contributed by atoms with Crippen molar-refractivity contribution < 1.29 is 28.5 Å². The highest BCUT2D eigenvalue weighted by Crippen LogP contribution is 2.42. The molecule has 4 rings (SSSR count). The standard InChI is InChI=1S/C24H28FNO5/c1-16-12-17(4-9-20(16)29-14-23(2,3)28)22(27)26-11-10-24(21(13-26)30-15-31-24)18-5-7-19(25)8-6-18/h4-9,12,21,28H,10-11,13-15H2,1-3H3/t21-,24-/m0/s1. The first kappa shape index (κ1) is 21.7. The highest BCUT2D eigenvalue weighted by molar-refractivity contribution is 5.94. The van der Waals surface area contributed by atoms with Crippen LogP contribution in [0.2, 0.25) is 0 Å². The number of rotatable bonds is 5. The van der Waals surface area contributed by atoms with Crippen LogP contribution in [-0.2, 0) is 15.1 Å². The summed E-state index contributed by atoms with van der Waals surface area (Å²) in [6, 6.07) is 11.6. The summed E-state index contributed by atoms with van der Waals surface area (Å²) in [7, 11) is 0. The van der Waals surface area contributed by atoms with Gasteiger partial charge in [0.15, 0.2) is 0 Å². The number of likely N-dealkylation sites (tertiary alicyclic amines) is 1. The Hall–Kier alpha value is -2.48. The van der Waals surface area contributed by atoms with Crippen LogP contribution in [0.25, 0.3) is 0 Å². The summed E-state index contributed by atoms with van der Waals surface area (Å²) in [5.74, 6) is 0.258. The van der Waals surface area contributed by atoms with Gasteiger partial charge in [-0.15, -0.1) is 0 Å². The summed E-state index contributed by atoms with van der Waals surface area (Å²) in [6.45, 7) is 6.45. The van der Waals surface area contributed by atoms with Crippen molar-refractivity contribution >= 4 is 5.91 Å². The number of nitrogens with zero attached hydrogens (tertiary/aromatic N) is 1. The van der Waals surface area contributed by atoms with Crippen LogP contribution in [0.15, 0.2) is 42.5 Å². The van der Waals surface area contributed by atoms with E-state index in [4.69, 9.17) is 14.2 Å². The molecule has 0 unspecified atom stereocenters. The van der Waals surface area contributed by atoms with E-state index in [2.05, 4.69) is 0 Å². The molecule has 2 aromatic rings. The second kappa shape index (κ2) is 8.22. The van der Waals surface area contributed by atoms with Gasteiger partial charge >= 0.3 is 0 Å². The number of amides is 1. The molecule has 2 saturated heterocycles. The van der Waals surface area contributed by atoms with E-state index in [9.17, 15) is 14.3 Å². The molecule has 1 N–H and O–H groups in total. The molecule has 0 bridgehead atoms. The van der Waals surface area contributed by atoms with Crippen molar-refractivity contribution in [1.82, 2.24) is 4.90 Å². The molecule has 6 nitrogen and oxygen atoms in total. The number of carbonyl (C=O) groups is 1. The fourth-order valence-corrected chi connectivity index (χ4v) is 4.19. The SMILES string of the molecule is Cc1cc(C(=O)N2CC[C@@]3(c4ccc(F)cc4)OCO[C@H]3C2)ccc1OCC(C)(C)O. The topological polar surface area (TPSA) is 68.2 Å². The van der Waals surface area contributed by atoms with Crippen molar-refractivity contribution in [3.05, 3.63) is 65.0 Å². The lowest BCUT2D eigenvalue weighted by molar-refractivity contribution is -0.0439. The third-order valence-electron chi connectivity index (χ3n) is 5.87. The Bertz CT molecular complexity index is 955. The van der Waals surface area contributed by atoms with Gasteiger partial charge in [-0.1, -0.05) is 12.1 Å². The Kier molecular flexibility index (Phi) is 5.77. The average molecular weight is 429 g/mol. The summed E-state index contributed by atoms with van der Waals surface area (Å²) in [4.78, 5) is 14.9. The zero-order valence-electron chi connectivity index (χ0n) is 18.1. The van der Waals surface area contributed by atoms with E-state index in [1.54, 1.807) is 49.1 Å². The van der Waals surface area contributed by atoms with E-state index >= 15 is 0 Å². The van der Waals surface area contributed by atoms with Gasteiger partial charge in [0, 0.05) is 18.5 Å². The van der Waals surface area contributed by atoms with Gasteiger partial charge in [-0.05, 0) is 62.2 Å². The van der Waals surface area contributed by atoms with Crippen molar-refractivity contribution in [3.63, 3.8) is 0 Å². The second-order valence-corrected chi connectivity index (χ2v) is 8.90. The number of aliphatic hydroxyl groups is 1. The molecule has 0 aliphatic carbocycles. The summed E-state index contributed by atoms with van der Waals surface area (Å²) in [5.41, 5.74) is 0.673. The summed E-state index contributed by atoms with van der Waals surface area (Å²) < 4.78 is 30.8. The lowest BCUT2D eigenvalue weighted by Crippen LogP contribution is -2.53. The Balaban J connectivity index is 1.47. The maximum atomic E-state index is 13.4. The predicted molar refractivity (Wildman–Crippen MR) is 112 cm³/mol. The molecular formula is C24H28FNO5. The number of fused-ring (bicyclic) bond motifs is 1. The van der Waals surface area contributed by atoms with Crippen molar-refractivity contribution in [2.75, 3.05) is 26.5 Å². The molecule has 31 heavy (non-hydrogen) atoms. The molecule has 2 atom stereocenters. The number of hydrogen-bond donors (Lipinski definition) is 1. The average Bonchev–Trinajstić information content (AvgIpc) is 3.16. The van der Waals surface area contributed by atoms with Gasteiger partial charge in [0.2, 0.25) is 0 Å². The molecule has 0 radical (unpaired) electrons. The van der Waals surface area contributed by atoms with Gasteiger partial charge in [-0.3, -0.25) is 4.79 Å². The molecule has 0 spiro atoms. The van der Waals surface area contributed by atoms with Crippen LogP contribution in [0.4, 0.5) is 4.39 Å². The minimum Gasteiger partial charge on any atom is -0.490 e. The summed E-state index contributed by atoms with van der Waals surface area (Å²) >= 11 is 0. The molecule has 2 aromatic carbocycles. The molecule has 1 amide bonds. The molecule has 2 aliphatic heterocycles. The number of piperidine rings is 1. The normalized spacial score (nSPS) is 23.5. The molecule has 166 valence electrons. The van der Waals surface area contributed by atoms with Crippen LogP contribution >= 0.6 is 0 Å². The van der Waals surface area contributed by atoms with Crippen molar-refractivity contribution in [2.45, 2.75) is 44.5 Å². The van der Waals surface area contributed by atoms with Crippen LogP contribution in [-0.4, -0.2) is 54.1 Å². The van der Waals surface area contributed by atoms with Crippen LogP contribution in [0.3, 0.4) is 0 Å². The van der Waals surface area contributed by atoms with Crippen molar-refractivity contribution in [1.29, 1.82) is 0 Å². The second-order valence-electron chi connectivity index (χ2n) is 8.90. The number of ether oxygens (including phenoxy) is 3. The van der Waals surface area contributed by atoms with Gasteiger partial charge < -0.3 is 24.2 Å². The van der Waals surface area contributed by atoms with Gasteiger partial charge in [0.05, 0.1) is 12.1 Å². The highest BCUT2D eigenvalue weighted by atomic mass is 19.1. The Labute approximate surface area is 181 Å². The zero-order chi connectivity index (χ0) is 22.2. The van der Waals surface area contributed by atoms with Crippen LogP contribution < -0.4 is 4.74 Å². The van der Waals surface area contributed by atoms with Crippen LogP contribution in [0.1, 0.15) is 41.8 Å². The minimum atomic E-state index is -0.935. The Morgan fingerprint density at radius 3 is 2.71 bits per heavy atom. The van der Waals surface area contributed by atoms with Gasteiger partial charge in [0.25, 0.3) is 5.91 Å². The fraction of sp³-hybridized carbons (Fsp3) is 0.458. The molecule has 0 aromatic heterocycles. The van der Waals surface area contributed by atoms with Crippen molar-refractivity contribution in [3.8, 4) is 5.75 Å². The molecule has 2 aliphatic rings. The van der Waals surface area contributed by atoms with Gasteiger partial charge in [-0.25, -0.2) is 4.39 Å². The van der Waals surface area contributed by atoms with E-state index < -0.39 is 11.2 Å². The van der Waals surface area contributed by atoms with Crippen LogP contribution in [0, 0.1) is 12.7 Å². The van der Waals surface area contributed by atoms with E-state index in [0.717, 1.165) is 11.1 Å². The van der Waals surface area contributed by atoms with E-state index in [-0.39, 0.29) is 31.2 Å². The fourth-order valence-electron chi connectivity index (χ4n) is 4.19. The third kappa shape index (κ3) is 4.44. The summed E-state index contributed by atoms with van der Waals surface area (Å²) in [5, 5.41) is 9.85. The predicted octanol–water partition coefficient (Wildman–Crippen LogP) is 3.40. The van der Waals surface area contributed by atoms with Gasteiger partial charge in [0.1, 0.15) is 36.7 Å². The quantitative estimate of drug-likeness (QED) is 0.789. The summed E-state index contributed by atoms with van der Waals surface area (Å²) in [6.07, 6.45) is 0.256. The third-order valence-corrected chi connectivity index (χ3v) is 5.87. The monoisotopic (exact) mass is 429 g/mol. The number of benzene rings is 2.